The summed E-state index contributed by atoms with van der Waals surface area (Å²) >= 11 is 0. The summed E-state index contributed by atoms with van der Waals surface area (Å²) in [6, 6.07) is 14.1. The summed E-state index contributed by atoms with van der Waals surface area (Å²) in [6.07, 6.45) is 1.63. The number of carbonyl (C=O) groups excluding carboxylic acids is 1. The Morgan fingerprint density at radius 1 is 1.15 bits per heavy atom. The topological polar surface area (TPSA) is 86.1 Å². The molecule has 27 heavy (non-hydrogen) atoms. The van der Waals surface area contributed by atoms with Gasteiger partial charge >= 0.3 is 0 Å². The average Bonchev–Trinajstić information content (AvgIpc) is 3.01. The van der Waals surface area contributed by atoms with Crippen LogP contribution in [0.15, 0.2) is 48.5 Å². The van der Waals surface area contributed by atoms with Gasteiger partial charge in [0.2, 0.25) is 0 Å². The number of aromatic nitrogens is 1. The molecule has 0 aliphatic heterocycles. The Morgan fingerprint density at radius 2 is 1.85 bits per heavy atom. The summed E-state index contributed by atoms with van der Waals surface area (Å²) in [5.74, 6) is -0.414. The minimum Gasteiger partial charge on any atom is -0.349 e. The fourth-order valence-corrected chi connectivity index (χ4v) is 3.17. The Morgan fingerprint density at radius 3 is 2.56 bits per heavy atom. The van der Waals surface area contributed by atoms with Crippen LogP contribution >= 0.6 is 0 Å². The second kappa shape index (κ2) is 8.33. The highest BCUT2D eigenvalue weighted by molar-refractivity contribution is 5.99. The lowest BCUT2D eigenvalue weighted by Gasteiger charge is -2.12. The van der Waals surface area contributed by atoms with Crippen LogP contribution in [0.25, 0.3) is 22.0 Å². The van der Waals surface area contributed by atoms with E-state index in [1.54, 1.807) is 12.1 Å². The van der Waals surface area contributed by atoms with E-state index < -0.39 is 0 Å². The molecule has 5 nitrogen and oxygen atoms in total. The SMILES string of the molecule is Cn1c(C(=O)NC[C@@H](N)CCCN)cc2ccc(-c3ccc(F)cc3)cc21. The van der Waals surface area contributed by atoms with Crippen molar-refractivity contribution in [2.45, 2.75) is 18.9 Å². The van der Waals surface area contributed by atoms with Crippen molar-refractivity contribution in [2.24, 2.45) is 18.5 Å². The van der Waals surface area contributed by atoms with E-state index in [0.717, 1.165) is 34.9 Å². The van der Waals surface area contributed by atoms with Gasteiger partial charge in [-0.3, -0.25) is 4.79 Å². The molecule has 3 aromatic rings. The van der Waals surface area contributed by atoms with Gasteiger partial charge in [-0.15, -0.1) is 0 Å². The molecule has 1 aromatic heterocycles. The zero-order chi connectivity index (χ0) is 19.4. The van der Waals surface area contributed by atoms with Crippen LogP contribution in [0.2, 0.25) is 0 Å². The summed E-state index contributed by atoms with van der Waals surface area (Å²) in [4.78, 5) is 12.6. The highest BCUT2D eigenvalue weighted by atomic mass is 19.1. The van der Waals surface area contributed by atoms with Gasteiger partial charge in [0.15, 0.2) is 0 Å². The molecule has 5 N–H and O–H groups in total. The summed E-state index contributed by atoms with van der Waals surface area (Å²) in [7, 11) is 1.86. The van der Waals surface area contributed by atoms with Gasteiger partial charge in [-0.05, 0) is 54.8 Å². The predicted molar refractivity (Wildman–Crippen MR) is 107 cm³/mol. The number of benzene rings is 2. The molecule has 3 rings (SSSR count). The lowest BCUT2D eigenvalue weighted by Crippen LogP contribution is -2.38. The van der Waals surface area contributed by atoms with Crippen molar-refractivity contribution in [2.75, 3.05) is 13.1 Å². The summed E-state index contributed by atoms with van der Waals surface area (Å²) in [5.41, 5.74) is 14.9. The van der Waals surface area contributed by atoms with Crippen LogP contribution in [0, 0.1) is 5.82 Å². The van der Waals surface area contributed by atoms with Gasteiger partial charge in [0, 0.05) is 30.5 Å². The molecule has 1 heterocycles. The van der Waals surface area contributed by atoms with Crippen molar-refractivity contribution in [3.8, 4) is 11.1 Å². The maximum absolute atomic E-state index is 13.1. The van der Waals surface area contributed by atoms with E-state index in [2.05, 4.69) is 5.32 Å². The van der Waals surface area contributed by atoms with E-state index in [1.807, 2.05) is 35.9 Å². The van der Waals surface area contributed by atoms with E-state index in [0.29, 0.717) is 18.8 Å². The number of aryl methyl sites for hydroxylation is 1. The van der Waals surface area contributed by atoms with E-state index in [4.69, 9.17) is 11.5 Å². The molecule has 2 aromatic carbocycles. The molecule has 0 bridgehead atoms. The zero-order valence-electron chi connectivity index (χ0n) is 15.4. The van der Waals surface area contributed by atoms with Crippen molar-refractivity contribution in [1.82, 2.24) is 9.88 Å². The average molecular weight is 368 g/mol. The van der Waals surface area contributed by atoms with Crippen LogP contribution < -0.4 is 16.8 Å². The normalized spacial score (nSPS) is 12.3. The third kappa shape index (κ3) is 4.35. The van der Waals surface area contributed by atoms with Crippen LogP contribution in [-0.4, -0.2) is 29.6 Å². The van der Waals surface area contributed by atoms with Gasteiger partial charge in [0.05, 0.1) is 0 Å². The van der Waals surface area contributed by atoms with Crippen LogP contribution in [0.1, 0.15) is 23.3 Å². The Bertz CT molecular complexity index is 933. The molecule has 0 saturated carbocycles. The molecule has 1 amide bonds. The first-order chi connectivity index (χ1) is 13.0. The van der Waals surface area contributed by atoms with Crippen molar-refractivity contribution in [3.05, 3.63) is 60.0 Å². The largest absolute Gasteiger partial charge is 0.349 e. The van der Waals surface area contributed by atoms with Gasteiger partial charge in [0.1, 0.15) is 11.5 Å². The number of nitrogens with one attached hydrogen (secondary N) is 1. The second-order valence-corrected chi connectivity index (χ2v) is 6.77. The quantitative estimate of drug-likeness (QED) is 0.599. The van der Waals surface area contributed by atoms with Crippen molar-refractivity contribution < 1.29 is 9.18 Å². The van der Waals surface area contributed by atoms with Crippen LogP contribution in [0.3, 0.4) is 0 Å². The van der Waals surface area contributed by atoms with Crippen LogP contribution in [-0.2, 0) is 7.05 Å². The minimum absolute atomic E-state index is 0.0998. The molecule has 0 radical (unpaired) electrons. The first-order valence-electron chi connectivity index (χ1n) is 9.09. The van der Waals surface area contributed by atoms with Gasteiger partial charge in [-0.25, -0.2) is 4.39 Å². The second-order valence-electron chi connectivity index (χ2n) is 6.77. The predicted octanol–water partition coefficient (Wildman–Crippen LogP) is 2.78. The Labute approximate surface area is 158 Å². The number of nitrogens with two attached hydrogens (primary N) is 2. The van der Waals surface area contributed by atoms with Gasteiger partial charge < -0.3 is 21.4 Å². The Balaban J connectivity index is 1.80. The van der Waals surface area contributed by atoms with Gasteiger partial charge in [0.25, 0.3) is 5.91 Å². The van der Waals surface area contributed by atoms with E-state index in [-0.39, 0.29) is 17.8 Å². The number of hydrogen-bond donors (Lipinski definition) is 3. The number of hydrogen-bond acceptors (Lipinski definition) is 3. The van der Waals surface area contributed by atoms with E-state index in [1.165, 1.54) is 12.1 Å². The molecule has 1 atom stereocenters. The first-order valence-corrected chi connectivity index (χ1v) is 9.09. The van der Waals surface area contributed by atoms with Crippen molar-refractivity contribution in [1.29, 1.82) is 0 Å². The molecule has 0 saturated heterocycles. The fraction of sp³-hybridized carbons (Fsp3) is 0.286. The summed E-state index contributed by atoms with van der Waals surface area (Å²) < 4.78 is 15.0. The number of carbonyl (C=O) groups is 1. The third-order valence-electron chi connectivity index (χ3n) is 4.76. The van der Waals surface area contributed by atoms with Crippen molar-refractivity contribution in [3.63, 3.8) is 0 Å². The highest BCUT2D eigenvalue weighted by Gasteiger charge is 2.15. The van der Waals surface area contributed by atoms with Crippen LogP contribution in [0.5, 0.6) is 0 Å². The molecule has 0 fully saturated rings. The zero-order valence-corrected chi connectivity index (χ0v) is 15.4. The molecular weight excluding hydrogens is 343 g/mol. The molecule has 142 valence electrons. The smallest absolute Gasteiger partial charge is 0.267 e. The minimum atomic E-state index is -0.262. The number of amides is 1. The molecular formula is C21H25FN4O. The Hall–Kier alpha value is -2.70. The fourth-order valence-electron chi connectivity index (χ4n) is 3.17. The highest BCUT2D eigenvalue weighted by Crippen LogP contribution is 2.26. The van der Waals surface area contributed by atoms with E-state index in [9.17, 15) is 9.18 Å². The van der Waals surface area contributed by atoms with E-state index >= 15 is 0 Å². The molecule has 0 spiro atoms. The first kappa shape index (κ1) is 19.1. The molecule has 0 aliphatic rings. The maximum atomic E-state index is 13.1. The van der Waals surface area contributed by atoms with Gasteiger partial charge in [-0.2, -0.15) is 0 Å². The number of rotatable bonds is 7. The molecule has 0 aliphatic carbocycles. The Kier molecular flexibility index (Phi) is 5.88. The number of fused-ring (bicyclic) bond motifs is 1. The summed E-state index contributed by atoms with van der Waals surface area (Å²) in [6.45, 7) is 1.02. The molecule has 0 unspecified atom stereocenters. The number of nitrogens with zero attached hydrogens (tertiary/aromatic N) is 1. The third-order valence-corrected chi connectivity index (χ3v) is 4.76. The van der Waals surface area contributed by atoms with Crippen molar-refractivity contribution >= 4 is 16.8 Å². The maximum Gasteiger partial charge on any atom is 0.267 e. The lowest BCUT2D eigenvalue weighted by atomic mass is 10.0. The standard InChI is InChI=1S/C21H25FN4O/c1-26-19-11-15(14-6-8-17(22)9-7-14)4-5-16(19)12-20(26)21(27)25-13-18(24)3-2-10-23/h4-9,11-12,18H,2-3,10,13,23-24H2,1H3,(H,25,27)/t18-/m0/s1. The summed E-state index contributed by atoms with van der Waals surface area (Å²) in [5, 5.41) is 3.87. The van der Waals surface area contributed by atoms with Gasteiger partial charge in [-0.1, -0.05) is 24.3 Å². The lowest BCUT2D eigenvalue weighted by molar-refractivity contribution is 0.0943. The monoisotopic (exact) mass is 368 g/mol. The number of halogens is 1. The van der Waals surface area contributed by atoms with Crippen LogP contribution in [0.4, 0.5) is 4.39 Å². The molecule has 6 heteroatoms.